The van der Waals surface area contributed by atoms with E-state index in [1.54, 1.807) is 11.8 Å². The smallest absolute Gasteiger partial charge is 0.291 e. The number of aromatic nitrogens is 1. The lowest BCUT2D eigenvalue weighted by molar-refractivity contribution is -0.142. The Bertz CT molecular complexity index is 986. The summed E-state index contributed by atoms with van der Waals surface area (Å²) in [5.41, 5.74) is -0.703. The van der Waals surface area contributed by atoms with Crippen molar-refractivity contribution in [3.63, 3.8) is 0 Å². The first-order valence-electron chi connectivity index (χ1n) is 15.0. The van der Waals surface area contributed by atoms with Crippen LogP contribution in [0.25, 0.3) is 0 Å². The maximum atomic E-state index is 13.6. The van der Waals surface area contributed by atoms with Crippen LogP contribution in [0.2, 0.25) is 0 Å². The van der Waals surface area contributed by atoms with Gasteiger partial charge in [0.25, 0.3) is 11.8 Å². The van der Waals surface area contributed by atoms with Gasteiger partial charge in [-0.05, 0) is 87.6 Å². The zero-order chi connectivity index (χ0) is 26.3. The monoisotopic (exact) mass is 544 g/mol. The molecule has 210 valence electrons. The molecule has 9 heteroatoms. The number of carbonyl (C=O) groups excluding carboxylic acids is 2. The van der Waals surface area contributed by atoms with E-state index in [2.05, 4.69) is 15.8 Å². The normalized spacial score (nSPS) is 31.4. The van der Waals surface area contributed by atoms with Crippen LogP contribution in [-0.4, -0.2) is 65.9 Å². The average molecular weight is 545 g/mol. The number of nitrogens with one attached hydrogen (secondary N) is 2. The Morgan fingerprint density at radius 1 is 1.05 bits per heavy atom. The second kappa shape index (κ2) is 11.0. The molecule has 6 aliphatic rings. The lowest BCUT2D eigenvalue weighted by Crippen LogP contribution is -2.55. The number of nitrogens with zero attached hydrogens (tertiary/aromatic N) is 2. The maximum absolute atomic E-state index is 13.6. The third kappa shape index (κ3) is 5.47. The number of thioether (sulfide) groups is 1. The maximum Gasteiger partial charge on any atom is 0.291 e. The number of amides is 2. The summed E-state index contributed by atoms with van der Waals surface area (Å²) in [5.74, 6) is 3.50. The van der Waals surface area contributed by atoms with Crippen molar-refractivity contribution in [2.24, 2.45) is 29.1 Å². The molecule has 8 nitrogen and oxygen atoms in total. The van der Waals surface area contributed by atoms with E-state index in [0.29, 0.717) is 41.0 Å². The van der Waals surface area contributed by atoms with Gasteiger partial charge in [0.15, 0.2) is 0 Å². The highest BCUT2D eigenvalue weighted by Gasteiger charge is 2.49. The minimum absolute atomic E-state index is 0.0869. The number of ether oxygens (including phenoxy) is 1. The van der Waals surface area contributed by atoms with Crippen molar-refractivity contribution < 1.29 is 18.8 Å². The zero-order valence-electron chi connectivity index (χ0n) is 23.0. The Morgan fingerprint density at radius 2 is 1.71 bits per heavy atom. The van der Waals surface area contributed by atoms with Gasteiger partial charge < -0.3 is 24.8 Å². The Kier molecular flexibility index (Phi) is 7.69. The Hall–Kier alpha value is -1.74. The Balaban J connectivity index is 1.17. The summed E-state index contributed by atoms with van der Waals surface area (Å²) in [6, 6.07) is 0.243. The van der Waals surface area contributed by atoms with Crippen LogP contribution in [0, 0.1) is 29.1 Å². The van der Waals surface area contributed by atoms with E-state index in [1.165, 1.54) is 51.4 Å². The van der Waals surface area contributed by atoms with E-state index < -0.39 is 5.41 Å². The third-order valence-electron chi connectivity index (χ3n) is 9.74. The molecular formula is C29H44N4O4S. The molecule has 1 aromatic heterocycles. The van der Waals surface area contributed by atoms with E-state index in [9.17, 15) is 9.59 Å². The van der Waals surface area contributed by atoms with Crippen LogP contribution in [0.1, 0.15) is 88.6 Å². The molecule has 2 N–H and O–H groups in total. The molecule has 5 saturated carbocycles. The molecule has 38 heavy (non-hydrogen) atoms. The fourth-order valence-corrected chi connectivity index (χ4v) is 9.28. The molecule has 7 rings (SSSR count). The highest BCUT2D eigenvalue weighted by Crippen LogP contribution is 2.54. The SMILES string of the molecule is CC(C)(COc1noc(C(=O)NC2C3CC4CC(C3)CC2C4)c1SC1CCCCC1)C(=O)N1CCNCC1. The first-order valence-corrected chi connectivity index (χ1v) is 15.9. The van der Waals surface area contributed by atoms with Gasteiger partial charge in [-0.1, -0.05) is 19.3 Å². The molecule has 0 unspecified atom stereocenters. The van der Waals surface area contributed by atoms with Gasteiger partial charge in [-0.2, -0.15) is 0 Å². The number of piperazine rings is 1. The molecule has 4 bridgehead atoms. The van der Waals surface area contributed by atoms with Crippen molar-refractivity contribution in [3.8, 4) is 5.88 Å². The summed E-state index contributed by atoms with van der Waals surface area (Å²) in [6.45, 7) is 7.09. The molecule has 0 spiro atoms. The number of hydrogen-bond acceptors (Lipinski definition) is 7. The average Bonchev–Trinajstić information content (AvgIpc) is 3.32. The van der Waals surface area contributed by atoms with Crippen LogP contribution in [0.15, 0.2) is 9.42 Å². The third-order valence-corrected chi connectivity index (χ3v) is 11.1. The fraction of sp³-hybridized carbons (Fsp3) is 0.828. The standard InChI is InChI=1S/C29H44N4O4S/c1-29(2,28(35)33-10-8-30-9-11-33)17-36-27-25(38-22-6-4-3-5-7-22)24(37-32-27)26(34)31-23-20-13-18-12-19(15-20)16-21(23)14-18/h18-23,30H,3-17H2,1-2H3,(H,31,34). The van der Waals surface area contributed by atoms with E-state index in [1.807, 2.05) is 18.7 Å². The van der Waals surface area contributed by atoms with Crippen molar-refractivity contribution in [2.75, 3.05) is 32.8 Å². The van der Waals surface area contributed by atoms with Gasteiger partial charge >= 0.3 is 0 Å². The van der Waals surface area contributed by atoms with Crippen LogP contribution in [0.4, 0.5) is 0 Å². The van der Waals surface area contributed by atoms with E-state index in [0.717, 1.165) is 37.8 Å². The highest BCUT2D eigenvalue weighted by molar-refractivity contribution is 8.00. The second-order valence-corrected chi connectivity index (χ2v) is 14.5. The van der Waals surface area contributed by atoms with Gasteiger partial charge in [0.2, 0.25) is 11.7 Å². The minimum Gasteiger partial charge on any atom is -0.474 e. The van der Waals surface area contributed by atoms with E-state index in [-0.39, 0.29) is 30.2 Å². The lowest BCUT2D eigenvalue weighted by atomic mass is 9.54. The molecule has 2 amide bonds. The summed E-state index contributed by atoms with van der Waals surface area (Å²) in [6.07, 6.45) is 12.3. The number of hydrogen-bond donors (Lipinski definition) is 2. The van der Waals surface area contributed by atoms with Gasteiger partial charge in [-0.25, -0.2) is 0 Å². The molecule has 1 aromatic rings. The van der Waals surface area contributed by atoms with Crippen molar-refractivity contribution in [2.45, 2.75) is 94.2 Å². The fourth-order valence-electron chi connectivity index (χ4n) is 7.94. The molecule has 0 radical (unpaired) electrons. The summed E-state index contributed by atoms with van der Waals surface area (Å²) in [7, 11) is 0. The van der Waals surface area contributed by atoms with Gasteiger partial charge in [0.1, 0.15) is 11.5 Å². The summed E-state index contributed by atoms with van der Waals surface area (Å²) in [4.78, 5) is 29.5. The molecule has 1 aliphatic heterocycles. The quantitative estimate of drug-likeness (QED) is 0.498. The molecule has 5 aliphatic carbocycles. The van der Waals surface area contributed by atoms with Crippen molar-refractivity contribution in [3.05, 3.63) is 5.76 Å². The summed E-state index contributed by atoms with van der Waals surface area (Å²) in [5, 5.41) is 11.4. The van der Waals surface area contributed by atoms with Gasteiger partial charge in [0, 0.05) is 37.5 Å². The summed E-state index contributed by atoms with van der Waals surface area (Å²) < 4.78 is 11.9. The topological polar surface area (TPSA) is 96.7 Å². The largest absolute Gasteiger partial charge is 0.474 e. The van der Waals surface area contributed by atoms with Gasteiger partial charge in [-0.3, -0.25) is 9.59 Å². The molecule has 0 aromatic carbocycles. The van der Waals surface area contributed by atoms with Crippen LogP contribution in [-0.2, 0) is 4.79 Å². The number of carbonyl (C=O) groups is 2. The predicted octanol–water partition coefficient (Wildman–Crippen LogP) is 4.49. The lowest BCUT2D eigenvalue weighted by Gasteiger charge is -2.54. The van der Waals surface area contributed by atoms with Crippen molar-refractivity contribution in [1.29, 1.82) is 0 Å². The zero-order valence-corrected chi connectivity index (χ0v) is 23.8. The molecule has 6 fully saturated rings. The van der Waals surface area contributed by atoms with E-state index >= 15 is 0 Å². The van der Waals surface area contributed by atoms with Gasteiger partial charge in [0.05, 0.1) is 5.41 Å². The molecule has 0 atom stereocenters. The summed E-state index contributed by atoms with van der Waals surface area (Å²) >= 11 is 1.68. The van der Waals surface area contributed by atoms with Crippen LogP contribution >= 0.6 is 11.8 Å². The highest BCUT2D eigenvalue weighted by atomic mass is 32.2. The van der Waals surface area contributed by atoms with Gasteiger partial charge in [-0.15, -0.1) is 11.8 Å². The molecule has 1 saturated heterocycles. The van der Waals surface area contributed by atoms with Crippen molar-refractivity contribution >= 4 is 23.6 Å². The first-order chi connectivity index (χ1) is 18.4. The first kappa shape index (κ1) is 26.5. The molecular weight excluding hydrogens is 500 g/mol. The van der Waals surface area contributed by atoms with E-state index in [4.69, 9.17) is 9.26 Å². The Morgan fingerprint density at radius 3 is 2.37 bits per heavy atom. The molecule has 2 heterocycles. The Labute approximate surface area is 230 Å². The van der Waals surface area contributed by atoms with Crippen LogP contribution < -0.4 is 15.4 Å². The number of rotatable bonds is 8. The minimum atomic E-state index is -0.703. The van der Waals surface area contributed by atoms with Crippen LogP contribution in [0.3, 0.4) is 0 Å². The predicted molar refractivity (Wildman–Crippen MR) is 146 cm³/mol. The van der Waals surface area contributed by atoms with Crippen molar-refractivity contribution in [1.82, 2.24) is 20.7 Å². The van der Waals surface area contributed by atoms with Crippen LogP contribution in [0.5, 0.6) is 5.88 Å². The second-order valence-electron chi connectivity index (χ2n) is 13.2.